The number of methoxy groups -OCH3 is 1. The fraction of sp³-hybridized carbons (Fsp3) is 0.300. The number of Topliss-reactive ketones (excluding diaryl/α,β-unsaturated/α-hetero) is 1. The molecule has 0 aliphatic heterocycles. The zero-order valence-electron chi connectivity index (χ0n) is 7.26. The summed E-state index contributed by atoms with van der Waals surface area (Å²) in [4.78, 5) is 11.3. The first-order chi connectivity index (χ1) is 6.24. The molecule has 3 heteroatoms. The molecule has 13 heavy (non-hydrogen) atoms. The zero-order chi connectivity index (χ0) is 9.42. The van der Waals surface area contributed by atoms with Gasteiger partial charge in [-0.1, -0.05) is 0 Å². The van der Waals surface area contributed by atoms with E-state index in [0.29, 0.717) is 24.2 Å². The van der Waals surface area contributed by atoms with Crippen molar-refractivity contribution >= 4 is 5.78 Å². The minimum atomic E-state index is -0.432. The summed E-state index contributed by atoms with van der Waals surface area (Å²) >= 11 is 0. The molecule has 68 valence electrons. The van der Waals surface area contributed by atoms with Crippen LogP contribution in [0.5, 0.6) is 5.75 Å². The van der Waals surface area contributed by atoms with E-state index in [0.717, 1.165) is 0 Å². The van der Waals surface area contributed by atoms with Crippen LogP contribution in [0.15, 0.2) is 12.1 Å². The minimum Gasteiger partial charge on any atom is -0.496 e. The topological polar surface area (TPSA) is 26.3 Å². The van der Waals surface area contributed by atoms with Crippen LogP contribution in [0.4, 0.5) is 4.39 Å². The Kier molecular flexibility index (Phi) is 1.79. The number of hydrogen-bond acceptors (Lipinski definition) is 2. The van der Waals surface area contributed by atoms with Gasteiger partial charge in [0.1, 0.15) is 11.6 Å². The number of carbonyl (C=O) groups excluding carboxylic acids is 1. The van der Waals surface area contributed by atoms with Crippen molar-refractivity contribution in [3.8, 4) is 5.75 Å². The summed E-state index contributed by atoms with van der Waals surface area (Å²) in [5.74, 6) is 0.0620. The summed E-state index contributed by atoms with van der Waals surface area (Å²) in [6.07, 6.45) is 0.988. The van der Waals surface area contributed by atoms with E-state index in [2.05, 4.69) is 0 Å². The third kappa shape index (κ3) is 1.11. The fourth-order valence-electron chi connectivity index (χ4n) is 1.70. The second-order valence-electron chi connectivity index (χ2n) is 3.03. The average Bonchev–Trinajstić information content (AvgIpc) is 2.50. The second-order valence-corrected chi connectivity index (χ2v) is 3.03. The fourth-order valence-corrected chi connectivity index (χ4v) is 1.70. The molecule has 1 aliphatic rings. The monoisotopic (exact) mass is 180 g/mol. The van der Waals surface area contributed by atoms with Gasteiger partial charge in [-0.15, -0.1) is 0 Å². The molecule has 0 fully saturated rings. The average molecular weight is 180 g/mol. The lowest BCUT2D eigenvalue weighted by Crippen LogP contribution is -1.98. The van der Waals surface area contributed by atoms with E-state index in [1.807, 2.05) is 0 Å². The van der Waals surface area contributed by atoms with Gasteiger partial charge in [-0.05, 0) is 18.6 Å². The molecule has 0 saturated heterocycles. The Labute approximate surface area is 75.3 Å². The van der Waals surface area contributed by atoms with Gasteiger partial charge in [0.25, 0.3) is 0 Å². The maximum absolute atomic E-state index is 13.2. The predicted octanol–water partition coefficient (Wildman–Crippen LogP) is 1.96. The molecule has 0 spiro atoms. The largest absolute Gasteiger partial charge is 0.496 e. The molecule has 2 nitrogen and oxygen atoms in total. The number of ketones is 1. The molecule has 0 heterocycles. The molecule has 1 aromatic carbocycles. The number of rotatable bonds is 1. The van der Waals surface area contributed by atoms with Crippen molar-refractivity contribution in [2.24, 2.45) is 0 Å². The standard InChI is InChI=1S/C10H9FO2/c1-13-9-5-3-7(11)10-6(9)2-4-8(10)12/h3,5H,2,4H2,1H3. The molecule has 1 aliphatic carbocycles. The van der Waals surface area contributed by atoms with E-state index in [1.165, 1.54) is 13.2 Å². The van der Waals surface area contributed by atoms with Crippen LogP contribution >= 0.6 is 0 Å². The van der Waals surface area contributed by atoms with Crippen molar-refractivity contribution in [2.75, 3.05) is 7.11 Å². The third-order valence-electron chi connectivity index (χ3n) is 2.32. The maximum atomic E-state index is 13.2. The summed E-state index contributed by atoms with van der Waals surface area (Å²) in [5.41, 5.74) is 0.937. The number of hydrogen-bond donors (Lipinski definition) is 0. The highest BCUT2D eigenvalue weighted by Crippen LogP contribution is 2.32. The van der Waals surface area contributed by atoms with Crippen molar-refractivity contribution in [3.05, 3.63) is 29.1 Å². The second kappa shape index (κ2) is 2.83. The zero-order valence-corrected chi connectivity index (χ0v) is 7.26. The van der Waals surface area contributed by atoms with E-state index in [9.17, 15) is 9.18 Å². The highest BCUT2D eigenvalue weighted by atomic mass is 19.1. The quantitative estimate of drug-likeness (QED) is 0.660. The number of carbonyl (C=O) groups is 1. The molecular formula is C10H9FO2. The van der Waals surface area contributed by atoms with Crippen LogP contribution in [-0.4, -0.2) is 12.9 Å². The lowest BCUT2D eigenvalue weighted by Gasteiger charge is -2.05. The van der Waals surface area contributed by atoms with Crippen molar-refractivity contribution in [2.45, 2.75) is 12.8 Å². The number of ether oxygens (including phenoxy) is 1. The normalized spacial score (nSPS) is 14.5. The SMILES string of the molecule is COc1ccc(F)c2c1CCC2=O. The molecular weight excluding hydrogens is 171 g/mol. The van der Waals surface area contributed by atoms with Crippen LogP contribution in [0.1, 0.15) is 22.3 Å². The van der Waals surface area contributed by atoms with Crippen molar-refractivity contribution in [3.63, 3.8) is 0 Å². The van der Waals surface area contributed by atoms with E-state index >= 15 is 0 Å². The van der Waals surface area contributed by atoms with Crippen molar-refractivity contribution < 1.29 is 13.9 Å². The smallest absolute Gasteiger partial charge is 0.166 e. The van der Waals surface area contributed by atoms with Crippen molar-refractivity contribution in [1.82, 2.24) is 0 Å². The van der Waals surface area contributed by atoms with Crippen LogP contribution < -0.4 is 4.74 Å². The summed E-state index contributed by atoms with van der Waals surface area (Å²) in [5, 5.41) is 0. The Balaban J connectivity index is 2.65. The molecule has 0 atom stereocenters. The molecule has 0 radical (unpaired) electrons. The highest BCUT2D eigenvalue weighted by molar-refractivity contribution is 6.01. The van der Waals surface area contributed by atoms with Crippen molar-refractivity contribution in [1.29, 1.82) is 0 Å². The highest BCUT2D eigenvalue weighted by Gasteiger charge is 2.26. The van der Waals surface area contributed by atoms with E-state index < -0.39 is 5.82 Å². The molecule has 2 rings (SSSR count). The summed E-state index contributed by atoms with van der Waals surface area (Å²) in [7, 11) is 1.52. The predicted molar refractivity (Wildman–Crippen MR) is 45.6 cm³/mol. The molecule has 0 saturated carbocycles. The molecule has 0 amide bonds. The molecule has 0 bridgehead atoms. The van der Waals surface area contributed by atoms with E-state index in [-0.39, 0.29) is 11.3 Å². The number of halogens is 1. The van der Waals surface area contributed by atoms with Gasteiger partial charge in [-0.3, -0.25) is 4.79 Å². The first kappa shape index (κ1) is 8.23. The Morgan fingerprint density at radius 3 is 2.85 bits per heavy atom. The van der Waals surface area contributed by atoms with Gasteiger partial charge in [0.2, 0.25) is 0 Å². The molecule has 1 aromatic rings. The molecule has 0 N–H and O–H groups in total. The number of benzene rings is 1. The van der Waals surface area contributed by atoms with Crippen LogP contribution in [-0.2, 0) is 6.42 Å². The summed E-state index contributed by atoms with van der Waals surface area (Å²) < 4.78 is 18.2. The van der Waals surface area contributed by atoms with Gasteiger partial charge in [0.15, 0.2) is 5.78 Å². The van der Waals surface area contributed by atoms with E-state index in [4.69, 9.17) is 4.74 Å². The van der Waals surface area contributed by atoms with Crippen LogP contribution in [0.25, 0.3) is 0 Å². The summed E-state index contributed by atoms with van der Waals surface area (Å²) in [6.45, 7) is 0. The molecule has 0 unspecified atom stereocenters. The summed E-state index contributed by atoms with van der Waals surface area (Å²) in [6, 6.07) is 2.84. The lowest BCUT2D eigenvalue weighted by atomic mass is 10.1. The van der Waals surface area contributed by atoms with Gasteiger partial charge in [0.05, 0.1) is 12.7 Å². The van der Waals surface area contributed by atoms with Gasteiger partial charge in [0, 0.05) is 12.0 Å². The Morgan fingerprint density at radius 1 is 1.38 bits per heavy atom. The third-order valence-corrected chi connectivity index (χ3v) is 2.32. The maximum Gasteiger partial charge on any atom is 0.166 e. The first-order valence-electron chi connectivity index (χ1n) is 4.12. The van der Waals surface area contributed by atoms with Gasteiger partial charge in [-0.25, -0.2) is 4.39 Å². The van der Waals surface area contributed by atoms with Gasteiger partial charge in [-0.2, -0.15) is 0 Å². The Morgan fingerprint density at radius 2 is 2.15 bits per heavy atom. The van der Waals surface area contributed by atoms with Gasteiger partial charge >= 0.3 is 0 Å². The Hall–Kier alpha value is -1.38. The lowest BCUT2D eigenvalue weighted by molar-refractivity contribution is 0.0991. The van der Waals surface area contributed by atoms with E-state index in [1.54, 1.807) is 6.07 Å². The van der Waals surface area contributed by atoms with Crippen LogP contribution in [0.2, 0.25) is 0 Å². The Bertz CT molecular complexity index is 371. The molecule has 0 aromatic heterocycles. The van der Waals surface area contributed by atoms with Crippen LogP contribution in [0.3, 0.4) is 0 Å². The van der Waals surface area contributed by atoms with Gasteiger partial charge < -0.3 is 4.74 Å². The van der Waals surface area contributed by atoms with Crippen LogP contribution in [0, 0.1) is 5.82 Å². The first-order valence-corrected chi connectivity index (χ1v) is 4.12. The minimum absolute atomic E-state index is 0.119. The number of fused-ring (bicyclic) bond motifs is 1.